The van der Waals surface area contributed by atoms with Crippen LogP contribution in [0.1, 0.15) is 77.6 Å². The van der Waals surface area contributed by atoms with Gasteiger partial charge < -0.3 is 19.6 Å². The lowest BCUT2D eigenvalue weighted by molar-refractivity contribution is -0.142. The van der Waals surface area contributed by atoms with Gasteiger partial charge in [0, 0.05) is 38.3 Å². The van der Waals surface area contributed by atoms with Crippen molar-refractivity contribution in [3.8, 4) is 0 Å². The number of anilines is 1. The van der Waals surface area contributed by atoms with Crippen LogP contribution in [0.15, 0.2) is 30.3 Å². The highest BCUT2D eigenvalue weighted by Crippen LogP contribution is 2.39. The molecule has 3 fully saturated rings. The second kappa shape index (κ2) is 11.9. The average Bonchev–Trinajstić information content (AvgIpc) is 3.16. The van der Waals surface area contributed by atoms with Gasteiger partial charge in [-0.2, -0.15) is 0 Å². The van der Waals surface area contributed by atoms with Crippen molar-refractivity contribution < 1.29 is 14.4 Å². The normalized spacial score (nSPS) is 20.1. The predicted molar refractivity (Wildman–Crippen MR) is 138 cm³/mol. The molecule has 0 N–H and O–H groups in total. The zero-order valence-corrected chi connectivity index (χ0v) is 21.4. The summed E-state index contributed by atoms with van der Waals surface area (Å²) >= 11 is 0. The number of nitrogens with zero attached hydrogens (tertiary/aromatic N) is 4. The fourth-order valence-electron chi connectivity index (χ4n) is 5.89. The summed E-state index contributed by atoms with van der Waals surface area (Å²) in [5.41, 5.74) is 0.325. The number of carbonyl (C=O) groups is 3. The number of piperidine rings is 2. The summed E-state index contributed by atoms with van der Waals surface area (Å²) in [6.07, 6.45) is 10.8. The van der Waals surface area contributed by atoms with E-state index in [1.807, 2.05) is 40.1 Å². The van der Waals surface area contributed by atoms with E-state index in [1.54, 1.807) is 4.90 Å². The van der Waals surface area contributed by atoms with Crippen LogP contribution >= 0.6 is 0 Å². The van der Waals surface area contributed by atoms with E-state index in [0.29, 0.717) is 39.0 Å². The lowest BCUT2D eigenvalue weighted by atomic mass is 9.85. The topological polar surface area (TPSA) is 64.2 Å². The smallest absolute Gasteiger partial charge is 0.250 e. The quantitative estimate of drug-likeness (QED) is 0.499. The lowest BCUT2D eigenvalue weighted by Gasteiger charge is -2.43. The molecule has 7 heteroatoms. The van der Waals surface area contributed by atoms with E-state index in [1.165, 1.54) is 25.7 Å². The third kappa shape index (κ3) is 5.81. The van der Waals surface area contributed by atoms with Gasteiger partial charge in [0.05, 0.1) is 6.67 Å². The van der Waals surface area contributed by atoms with Gasteiger partial charge in [-0.3, -0.25) is 14.4 Å². The third-order valence-corrected chi connectivity index (χ3v) is 8.05. The van der Waals surface area contributed by atoms with Crippen LogP contribution in [0.25, 0.3) is 0 Å². The molecule has 35 heavy (non-hydrogen) atoms. The zero-order chi connectivity index (χ0) is 24.7. The maximum atomic E-state index is 13.8. The number of hydrogen-bond acceptors (Lipinski definition) is 4. The summed E-state index contributed by atoms with van der Waals surface area (Å²) in [6, 6.07) is 10.0. The Morgan fingerprint density at radius 1 is 0.829 bits per heavy atom. The van der Waals surface area contributed by atoms with Crippen LogP contribution in [0.5, 0.6) is 0 Å². The first-order chi connectivity index (χ1) is 17.0. The summed E-state index contributed by atoms with van der Waals surface area (Å²) in [7, 11) is 0. The van der Waals surface area contributed by atoms with E-state index in [-0.39, 0.29) is 24.3 Å². The number of hydrogen-bond donors (Lipinski definition) is 0. The van der Waals surface area contributed by atoms with E-state index < -0.39 is 5.54 Å². The molecule has 192 valence electrons. The number of rotatable bonds is 9. The largest absolute Gasteiger partial charge is 0.342 e. The number of unbranched alkanes of at least 4 members (excludes halogenated alkanes) is 4. The van der Waals surface area contributed by atoms with Gasteiger partial charge in [0.15, 0.2) is 0 Å². The van der Waals surface area contributed by atoms with Crippen molar-refractivity contribution in [1.82, 2.24) is 14.7 Å². The van der Waals surface area contributed by atoms with Gasteiger partial charge in [0.25, 0.3) is 5.91 Å². The van der Waals surface area contributed by atoms with Crippen LogP contribution in [0.3, 0.4) is 0 Å². The zero-order valence-electron chi connectivity index (χ0n) is 21.4. The molecule has 3 amide bonds. The van der Waals surface area contributed by atoms with Gasteiger partial charge in [-0.05, 0) is 50.7 Å². The lowest BCUT2D eigenvalue weighted by Crippen LogP contribution is -2.57. The first kappa shape index (κ1) is 25.5. The highest BCUT2D eigenvalue weighted by molar-refractivity contribution is 5.96. The fourth-order valence-corrected chi connectivity index (χ4v) is 5.89. The molecule has 3 heterocycles. The monoisotopic (exact) mass is 482 g/mol. The molecule has 3 saturated heterocycles. The van der Waals surface area contributed by atoms with Crippen molar-refractivity contribution in [3.05, 3.63) is 30.3 Å². The summed E-state index contributed by atoms with van der Waals surface area (Å²) in [4.78, 5) is 47.4. The van der Waals surface area contributed by atoms with Crippen LogP contribution in [0, 0.1) is 0 Å². The molecule has 4 rings (SSSR count). The molecule has 1 aromatic rings. The van der Waals surface area contributed by atoms with Gasteiger partial charge >= 0.3 is 0 Å². The summed E-state index contributed by atoms with van der Waals surface area (Å²) in [5.74, 6) is 0.308. The van der Waals surface area contributed by atoms with Gasteiger partial charge in [-0.15, -0.1) is 0 Å². The molecular weight excluding hydrogens is 440 g/mol. The van der Waals surface area contributed by atoms with E-state index in [9.17, 15) is 14.4 Å². The molecule has 0 atom stereocenters. The standard InChI is InChI=1S/C28H42N4O3/c1-2-3-4-5-10-15-25(33)30-20-16-28(17-21-30)27(35)31(22-26(34)29-18-11-7-12-19-29)23-32(28)24-13-8-6-9-14-24/h6,8-9,13-14H,2-5,7,10-12,15-23H2,1H3. The Morgan fingerprint density at radius 3 is 2.17 bits per heavy atom. The van der Waals surface area contributed by atoms with Crippen molar-refractivity contribution in [2.24, 2.45) is 0 Å². The van der Waals surface area contributed by atoms with E-state index in [4.69, 9.17) is 0 Å². The minimum atomic E-state index is -0.679. The molecule has 3 aliphatic rings. The highest BCUT2D eigenvalue weighted by atomic mass is 16.2. The first-order valence-corrected chi connectivity index (χ1v) is 13.7. The molecule has 0 aromatic heterocycles. The second-order valence-corrected chi connectivity index (χ2v) is 10.4. The average molecular weight is 483 g/mol. The Balaban J connectivity index is 1.42. The Kier molecular flexibility index (Phi) is 8.69. The fraction of sp³-hybridized carbons (Fsp3) is 0.679. The molecule has 0 aliphatic carbocycles. The number of likely N-dealkylation sites (tertiary alicyclic amines) is 2. The number of amides is 3. The van der Waals surface area contributed by atoms with E-state index in [0.717, 1.165) is 44.5 Å². The van der Waals surface area contributed by atoms with Gasteiger partial charge in [0.1, 0.15) is 12.1 Å². The van der Waals surface area contributed by atoms with Crippen LogP contribution < -0.4 is 4.90 Å². The van der Waals surface area contributed by atoms with E-state index >= 15 is 0 Å². The van der Waals surface area contributed by atoms with Crippen molar-refractivity contribution in [1.29, 1.82) is 0 Å². The van der Waals surface area contributed by atoms with Crippen molar-refractivity contribution in [2.45, 2.75) is 83.1 Å². The van der Waals surface area contributed by atoms with Crippen LogP contribution in [0.2, 0.25) is 0 Å². The maximum Gasteiger partial charge on any atom is 0.250 e. The summed E-state index contributed by atoms with van der Waals surface area (Å²) in [6.45, 7) is 5.54. The van der Waals surface area contributed by atoms with Crippen molar-refractivity contribution in [3.63, 3.8) is 0 Å². The van der Waals surface area contributed by atoms with Gasteiger partial charge in [-0.1, -0.05) is 50.8 Å². The molecule has 7 nitrogen and oxygen atoms in total. The molecule has 1 spiro atoms. The molecule has 1 aromatic carbocycles. The molecule has 0 bridgehead atoms. The van der Waals surface area contributed by atoms with Crippen molar-refractivity contribution in [2.75, 3.05) is 44.3 Å². The number of benzene rings is 1. The molecule has 0 saturated carbocycles. The summed E-state index contributed by atoms with van der Waals surface area (Å²) in [5, 5.41) is 0. The molecular formula is C28H42N4O3. The van der Waals surface area contributed by atoms with E-state index in [2.05, 4.69) is 11.8 Å². The Bertz CT molecular complexity index is 860. The minimum absolute atomic E-state index is 0.0402. The Labute approximate surface area is 210 Å². The van der Waals surface area contributed by atoms with Crippen LogP contribution in [0.4, 0.5) is 5.69 Å². The predicted octanol–water partition coefficient (Wildman–Crippen LogP) is 4.03. The Morgan fingerprint density at radius 2 is 1.49 bits per heavy atom. The molecule has 0 unspecified atom stereocenters. The number of carbonyl (C=O) groups excluding carboxylic acids is 3. The SMILES string of the molecule is CCCCCCCC(=O)N1CCC2(CC1)C(=O)N(CC(=O)N1CCCCC1)CN2c1ccccc1. The minimum Gasteiger partial charge on any atom is -0.342 e. The van der Waals surface area contributed by atoms with Crippen molar-refractivity contribution >= 4 is 23.4 Å². The Hall–Kier alpha value is -2.57. The summed E-state index contributed by atoms with van der Waals surface area (Å²) < 4.78 is 0. The maximum absolute atomic E-state index is 13.8. The number of para-hydroxylation sites is 1. The second-order valence-electron chi connectivity index (χ2n) is 10.4. The van der Waals surface area contributed by atoms with Gasteiger partial charge in [-0.25, -0.2) is 0 Å². The molecule has 0 radical (unpaired) electrons. The van der Waals surface area contributed by atoms with Crippen LogP contribution in [-0.4, -0.2) is 77.4 Å². The van der Waals surface area contributed by atoms with Crippen LogP contribution in [-0.2, 0) is 14.4 Å². The molecule has 3 aliphatic heterocycles. The van der Waals surface area contributed by atoms with Gasteiger partial charge in [0.2, 0.25) is 11.8 Å². The third-order valence-electron chi connectivity index (χ3n) is 8.05. The highest BCUT2D eigenvalue weighted by Gasteiger charge is 2.54. The first-order valence-electron chi connectivity index (χ1n) is 13.7.